The second kappa shape index (κ2) is 11.8. The fourth-order valence-electron chi connectivity index (χ4n) is 3.07. The van der Waals surface area contributed by atoms with Crippen LogP contribution in [0.15, 0.2) is 59.7 Å². The summed E-state index contributed by atoms with van der Waals surface area (Å²) in [6.07, 6.45) is 1.34. The smallest absolute Gasteiger partial charge is 0.271 e. The second-order valence-electron chi connectivity index (χ2n) is 7.67. The average molecular weight is 511 g/mol. The molecule has 0 saturated carbocycles. The largest absolute Gasteiger partial charge is 0.493 e. The minimum absolute atomic E-state index is 0.123. The number of rotatable bonds is 9. The summed E-state index contributed by atoms with van der Waals surface area (Å²) < 4.78 is 10.9. The third-order valence-corrected chi connectivity index (χ3v) is 5.39. The van der Waals surface area contributed by atoms with Gasteiger partial charge in [-0.05, 0) is 66.9 Å². The maximum atomic E-state index is 12.3. The van der Waals surface area contributed by atoms with Crippen molar-refractivity contribution < 1.29 is 24.0 Å². The summed E-state index contributed by atoms with van der Waals surface area (Å²) >= 11 is 6.33. The summed E-state index contributed by atoms with van der Waals surface area (Å²) in [5, 5.41) is 17.5. The van der Waals surface area contributed by atoms with Crippen molar-refractivity contribution in [2.24, 2.45) is 5.10 Å². The predicted molar refractivity (Wildman–Crippen MR) is 136 cm³/mol. The minimum Gasteiger partial charge on any atom is -0.493 e. The zero-order valence-corrected chi connectivity index (χ0v) is 20.5. The van der Waals surface area contributed by atoms with E-state index in [-0.39, 0.29) is 40.3 Å². The highest BCUT2D eigenvalue weighted by molar-refractivity contribution is 6.32. The Kier molecular flexibility index (Phi) is 8.58. The van der Waals surface area contributed by atoms with Gasteiger partial charge in [-0.1, -0.05) is 17.7 Å². The number of nitrogens with zero attached hydrogens (tertiary/aromatic N) is 2. The average Bonchev–Trinajstić information content (AvgIpc) is 2.85. The number of nitro groups is 1. The van der Waals surface area contributed by atoms with Crippen LogP contribution in [0.1, 0.15) is 27.0 Å². The number of hydrogen-bond donors (Lipinski definition) is 2. The molecular formula is C25H23ClN4O6. The van der Waals surface area contributed by atoms with E-state index in [0.717, 1.165) is 11.1 Å². The number of aryl methyl sites for hydroxylation is 2. The Balaban J connectivity index is 1.62. The highest BCUT2D eigenvalue weighted by atomic mass is 35.5. The van der Waals surface area contributed by atoms with Crippen LogP contribution in [0.2, 0.25) is 5.02 Å². The molecule has 2 N–H and O–H groups in total. The van der Waals surface area contributed by atoms with Crippen LogP contribution < -0.4 is 20.2 Å². The number of nitro benzene ring substituents is 1. The molecule has 3 rings (SSSR count). The van der Waals surface area contributed by atoms with E-state index in [1.54, 1.807) is 6.07 Å². The molecule has 3 aromatic carbocycles. The first-order chi connectivity index (χ1) is 17.2. The molecule has 0 saturated heterocycles. The van der Waals surface area contributed by atoms with E-state index in [9.17, 15) is 19.7 Å². The molecule has 0 aliphatic heterocycles. The van der Waals surface area contributed by atoms with E-state index in [0.29, 0.717) is 11.3 Å². The van der Waals surface area contributed by atoms with Crippen LogP contribution in [0.5, 0.6) is 11.5 Å². The minimum atomic E-state index is -0.554. The molecule has 186 valence electrons. The van der Waals surface area contributed by atoms with Crippen molar-refractivity contribution in [2.45, 2.75) is 13.8 Å². The Morgan fingerprint density at radius 1 is 1.08 bits per heavy atom. The number of ether oxygens (including phenoxy) is 2. The van der Waals surface area contributed by atoms with Crippen molar-refractivity contribution in [3.8, 4) is 11.5 Å². The lowest BCUT2D eigenvalue weighted by molar-refractivity contribution is -0.384. The van der Waals surface area contributed by atoms with Crippen molar-refractivity contribution in [1.29, 1.82) is 0 Å². The number of methoxy groups -OCH3 is 1. The molecule has 0 aliphatic rings. The van der Waals surface area contributed by atoms with Crippen LogP contribution in [-0.2, 0) is 4.79 Å². The topological polar surface area (TPSA) is 132 Å². The van der Waals surface area contributed by atoms with Crippen molar-refractivity contribution in [2.75, 3.05) is 19.0 Å². The van der Waals surface area contributed by atoms with Gasteiger partial charge in [-0.2, -0.15) is 5.10 Å². The van der Waals surface area contributed by atoms with Gasteiger partial charge in [-0.15, -0.1) is 0 Å². The number of halogens is 1. The van der Waals surface area contributed by atoms with Gasteiger partial charge in [0.25, 0.3) is 17.5 Å². The van der Waals surface area contributed by atoms with E-state index in [2.05, 4.69) is 15.8 Å². The van der Waals surface area contributed by atoms with Gasteiger partial charge in [-0.25, -0.2) is 5.43 Å². The zero-order chi connectivity index (χ0) is 26.2. The number of hydrogen-bond acceptors (Lipinski definition) is 7. The standard InChI is InChI=1S/C25H23ClN4O6/c1-15-4-7-19(10-16(15)2)28-23(31)14-36-24-21(26)11-17(12-22(24)35-3)13-27-29-25(32)18-5-8-20(9-6-18)30(33)34/h4-13H,14H2,1-3H3,(H,28,31)(H,29,32)/b27-13+. The molecule has 0 atom stereocenters. The van der Waals surface area contributed by atoms with Crippen molar-refractivity contribution in [3.05, 3.63) is 92.0 Å². The molecular weight excluding hydrogens is 488 g/mol. The molecule has 0 fully saturated rings. The lowest BCUT2D eigenvalue weighted by Crippen LogP contribution is -2.20. The Morgan fingerprint density at radius 3 is 2.44 bits per heavy atom. The van der Waals surface area contributed by atoms with E-state index < -0.39 is 10.8 Å². The van der Waals surface area contributed by atoms with Crippen LogP contribution in [0.3, 0.4) is 0 Å². The van der Waals surface area contributed by atoms with E-state index in [4.69, 9.17) is 21.1 Å². The van der Waals surface area contributed by atoms with Crippen LogP contribution in [-0.4, -0.2) is 36.7 Å². The molecule has 10 nitrogen and oxygen atoms in total. The molecule has 0 aromatic heterocycles. The number of nitrogens with one attached hydrogen (secondary N) is 2. The number of non-ortho nitro benzene ring substituents is 1. The number of amides is 2. The fraction of sp³-hybridized carbons (Fsp3) is 0.160. The monoisotopic (exact) mass is 510 g/mol. The van der Waals surface area contributed by atoms with Crippen LogP contribution in [0, 0.1) is 24.0 Å². The van der Waals surface area contributed by atoms with E-state index in [1.807, 2.05) is 32.0 Å². The number of anilines is 1. The van der Waals surface area contributed by atoms with Gasteiger partial charge in [-0.3, -0.25) is 19.7 Å². The Bertz CT molecular complexity index is 1320. The SMILES string of the molecule is COc1cc(/C=N/NC(=O)c2ccc([N+](=O)[O-])cc2)cc(Cl)c1OCC(=O)Nc1ccc(C)c(C)c1. The normalized spacial score (nSPS) is 10.7. The molecule has 0 bridgehead atoms. The van der Waals surface area contributed by atoms with Gasteiger partial charge in [0.05, 0.1) is 23.3 Å². The maximum Gasteiger partial charge on any atom is 0.271 e. The Morgan fingerprint density at radius 2 is 1.81 bits per heavy atom. The third kappa shape index (κ3) is 6.80. The van der Waals surface area contributed by atoms with E-state index in [1.165, 1.54) is 43.7 Å². The zero-order valence-electron chi connectivity index (χ0n) is 19.7. The first-order valence-corrected chi connectivity index (χ1v) is 11.0. The number of hydrazone groups is 1. The summed E-state index contributed by atoms with van der Waals surface area (Å²) in [4.78, 5) is 34.7. The molecule has 0 aliphatic carbocycles. The summed E-state index contributed by atoms with van der Waals surface area (Å²) in [6.45, 7) is 3.65. The predicted octanol–water partition coefficient (Wildman–Crippen LogP) is 4.66. The lowest BCUT2D eigenvalue weighted by Gasteiger charge is -2.13. The molecule has 2 amide bonds. The highest BCUT2D eigenvalue weighted by Crippen LogP contribution is 2.36. The summed E-state index contributed by atoms with van der Waals surface area (Å²) in [5.74, 6) is -0.462. The molecule has 11 heteroatoms. The molecule has 0 heterocycles. The second-order valence-corrected chi connectivity index (χ2v) is 8.08. The van der Waals surface area contributed by atoms with Crippen LogP contribution in [0.25, 0.3) is 0 Å². The summed E-state index contributed by atoms with van der Waals surface area (Å²) in [6, 6.07) is 13.8. The summed E-state index contributed by atoms with van der Waals surface area (Å²) in [7, 11) is 1.42. The van der Waals surface area contributed by atoms with Gasteiger partial charge in [0.1, 0.15) is 0 Å². The van der Waals surface area contributed by atoms with Crippen molar-refractivity contribution in [3.63, 3.8) is 0 Å². The Labute approximate surface area is 212 Å². The van der Waals surface area contributed by atoms with E-state index >= 15 is 0 Å². The number of carbonyl (C=O) groups is 2. The lowest BCUT2D eigenvalue weighted by atomic mass is 10.1. The highest BCUT2D eigenvalue weighted by Gasteiger charge is 2.14. The van der Waals surface area contributed by atoms with Gasteiger partial charge < -0.3 is 14.8 Å². The van der Waals surface area contributed by atoms with Crippen LogP contribution >= 0.6 is 11.6 Å². The molecule has 0 unspecified atom stereocenters. The Hall–Kier alpha value is -4.44. The first kappa shape index (κ1) is 26.2. The fourth-order valence-corrected chi connectivity index (χ4v) is 3.35. The van der Waals surface area contributed by atoms with Gasteiger partial charge in [0.15, 0.2) is 18.1 Å². The summed E-state index contributed by atoms with van der Waals surface area (Å²) in [5.41, 5.74) is 5.74. The molecule has 36 heavy (non-hydrogen) atoms. The van der Waals surface area contributed by atoms with Crippen LogP contribution in [0.4, 0.5) is 11.4 Å². The first-order valence-electron chi connectivity index (χ1n) is 10.6. The van der Waals surface area contributed by atoms with Crippen molar-refractivity contribution >= 4 is 41.0 Å². The van der Waals surface area contributed by atoms with Gasteiger partial charge >= 0.3 is 0 Å². The quantitative estimate of drug-likeness (QED) is 0.244. The molecule has 0 spiro atoms. The molecule has 3 aromatic rings. The molecule has 0 radical (unpaired) electrons. The van der Waals surface area contributed by atoms with Gasteiger partial charge in [0.2, 0.25) is 0 Å². The number of benzene rings is 3. The third-order valence-electron chi connectivity index (χ3n) is 5.11. The maximum absolute atomic E-state index is 12.3. The number of carbonyl (C=O) groups excluding carboxylic acids is 2. The van der Waals surface area contributed by atoms with Crippen molar-refractivity contribution in [1.82, 2.24) is 5.43 Å². The van der Waals surface area contributed by atoms with Gasteiger partial charge in [0, 0.05) is 23.4 Å².